The van der Waals surface area contributed by atoms with Gasteiger partial charge in [0.1, 0.15) is 0 Å². The van der Waals surface area contributed by atoms with Crippen LogP contribution in [0.5, 0.6) is 0 Å². The highest BCUT2D eigenvalue weighted by atomic mass is 32.2. The van der Waals surface area contributed by atoms with Crippen molar-refractivity contribution >= 4 is 11.8 Å². The molecule has 114 valence electrons. The predicted octanol–water partition coefficient (Wildman–Crippen LogP) is 1.78. The van der Waals surface area contributed by atoms with E-state index in [1.807, 2.05) is 0 Å². The van der Waals surface area contributed by atoms with Crippen molar-refractivity contribution in [3.63, 3.8) is 0 Å². The number of thioether (sulfide) groups is 1. The standard InChI is InChI=1S/C15H28N4S/c1-5-16-14(15-11-20-8-7-18(15)4)10-13-9-12(3)17-19(13)6-2/h9,14-16H,5-8,10-11H2,1-4H3. The minimum absolute atomic E-state index is 0.513. The maximum Gasteiger partial charge on any atom is 0.0596 e. The number of hydrogen-bond donors (Lipinski definition) is 1. The highest BCUT2D eigenvalue weighted by Crippen LogP contribution is 2.20. The van der Waals surface area contributed by atoms with Crippen molar-refractivity contribution in [1.82, 2.24) is 20.0 Å². The van der Waals surface area contributed by atoms with E-state index in [0.717, 1.165) is 25.2 Å². The lowest BCUT2D eigenvalue weighted by Gasteiger charge is -2.38. The van der Waals surface area contributed by atoms with Crippen molar-refractivity contribution in [2.45, 2.75) is 45.8 Å². The Balaban J connectivity index is 2.11. The van der Waals surface area contributed by atoms with Gasteiger partial charge in [-0.1, -0.05) is 6.92 Å². The van der Waals surface area contributed by atoms with Crippen LogP contribution in [-0.4, -0.2) is 58.4 Å². The molecule has 1 aliphatic rings. The fourth-order valence-electron chi connectivity index (χ4n) is 3.00. The molecule has 0 bridgehead atoms. The van der Waals surface area contributed by atoms with E-state index in [2.05, 4.69) is 65.6 Å². The van der Waals surface area contributed by atoms with Crippen molar-refractivity contribution in [3.05, 3.63) is 17.5 Å². The first-order valence-corrected chi connectivity index (χ1v) is 8.85. The fraction of sp³-hybridized carbons (Fsp3) is 0.800. The third kappa shape index (κ3) is 3.77. The van der Waals surface area contributed by atoms with Gasteiger partial charge in [0.05, 0.1) is 5.69 Å². The minimum Gasteiger partial charge on any atom is -0.312 e. The zero-order chi connectivity index (χ0) is 14.5. The van der Waals surface area contributed by atoms with Crippen LogP contribution < -0.4 is 5.32 Å². The molecular weight excluding hydrogens is 268 g/mol. The van der Waals surface area contributed by atoms with E-state index in [9.17, 15) is 0 Å². The minimum atomic E-state index is 0.513. The molecule has 1 aromatic heterocycles. The van der Waals surface area contributed by atoms with Gasteiger partial charge < -0.3 is 10.2 Å². The van der Waals surface area contributed by atoms with Gasteiger partial charge in [-0.3, -0.25) is 4.68 Å². The summed E-state index contributed by atoms with van der Waals surface area (Å²) in [5.74, 6) is 2.49. The molecule has 1 aliphatic heterocycles. The summed E-state index contributed by atoms with van der Waals surface area (Å²) in [7, 11) is 2.26. The van der Waals surface area contributed by atoms with Crippen LogP contribution >= 0.6 is 11.8 Å². The Hall–Kier alpha value is -0.520. The van der Waals surface area contributed by atoms with Crippen molar-refractivity contribution in [1.29, 1.82) is 0 Å². The maximum atomic E-state index is 4.58. The second-order valence-electron chi connectivity index (χ2n) is 5.58. The summed E-state index contributed by atoms with van der Waals surface area (Å²) in [5, 5.41) is 8.27. The van der Waals surface area contributed by atoms with Crippen LogP contribution in [-0.2, 0) is 13.0 Å². The van der Waals surface area contributed by atoms with Gasteiger partial charge in [-0.05, 0) is 33.5 Å². The molecule has 0 saturated carbocycles. The summed E-state index contributed by atoms with van der Waals surface area (Å²) in [6, 6.07) is 3.37. The molecule has 0 aliphatic carbocycles. The largest absolute Gasteiger partial charge is 0.312 e. The molecule has 2 atom stereocenters. The summed E-state index contributed by atoms with van der Waals surface area (Å²) in [4.78, 5) is 2.52. The van der Waals surface area contributed by atoms with E-state index in [1.165, 1.54) is 23.7 Å². The van der Waals surface area contributed by atoms with Gasteiger partial charge in [-0.2, -0.15) is 16.9 Å². The summed E-state index contributed by atoms with van der Waals surface area (Å²) in [6.45, 7) is 9.63. The molecule has 5 heteroatoms. The Bertz CT molecular complexity index is 418. The summed E-state index contributed by atoms with van der Waals surface area (Å²) < 4.78 is 2.15. The van der Waals surface area contributed by atoms with E-state index in [4.69, 9.17) is 0 Å². The average Bonchev–Trinajstić information content (AvgIpc) is 2.79. The van der Waals surface area contributed by atoms with Gasteiger partial charge in [-0.25, -0.2) is 0 Å². The van der Waals surface area contributed by atoms with E-state index in [-0.39, 0.29) is 0 Å². The maximum absolute atomic E-state index is 4.58. The van der Waals surface area contributed by atoms with Crippen LogP contribution in [0.15, 0.2) is 6.07 Å². The lowest BCUT2D eigenvalue weighted by Crippen LogP contribution is -2.53. The number of likely N-dealkylation sites (N-methyl/N-ethyl adjacent to an activating group) is 2. The van der Waals surface area contributed by atoms with E-state index < -0.39 is 0 Å². The normalized spacial score (nSPS) is 22.1. The van der Waals surface area contributed by atoms with E-state index >= 15 is 0 Å². The topological polar surface area (TPSA) is 33.1 Å². The molecule has 1 N–H and O–H groups in total. The molecule has 0 spiro atoms. The zero-order valence-electron chi connectivity index (χ0n) is 13.2. The quantitative estimate of drug-likeness (QED) is 0.867. The average molecular weight is 296 g/mol. The highest BCUT2D eigenvalue weighted by molar-refractivity contribution is 7.99. The Morgan fingerprint density at radius 1 is 1.50 bits per heavy atom. The number of nitrogens with zero attached hydrogens (tertiary/aromatic N) is 3. The molecule has 2 heterocycles. The fourth-order valence-corrected chi connectivity index (χ4v) is 4.31. The molecule has 0 radical (unpaired) electrons. The molecule has 1 saturated heterocycles. The Morgan fingerprint density at radius 3 is 2.95 bits per heavy atom. The van der Waals surface area contributed by atoms with E-state index in [1.54, 1.807) is 0 Å². The number of aromatic nitrogens is 2. The molecule has 0 amide bonds. The Kier molecular flexibility index (Phi) is 5.93. The van der Waals surface area contributed by atoms with Crippen LogP contribution in [0.2, 0.25) is 0 Å². The molecule has 1 fully saturated rings. The number of nitrogens with one attached hydrogen (secondary N) is 1. The van der Waals surface area contributed by atoms with Gasteiger partial charge >= 0.3 is 0 Å². The molecule has 0 aromatic carbocycles. The van der Waals surface area contributed by atoms with Crippen molar-refractivity contribution < 1.29 is 0 Å². The van der Waals surface area contributed by atoms with Gasteiger partial charge in [0.25, 0.3) is 0 Å². The SMILES string of the molecule is CCNC(Cc1cc(C)nn1CC)C1CSCCN1C. The third-order valence-electron chi connectivity index (χ3n) is 4.09. The van der Waals surface area contributed by atoms with Crippen LogP contribution in [0.25, 0.3) is 0 Å². The lowest BCUT2D eigenvalue weighted by atomic mass is 10.0. The first-order valence-electron chi connectivity index (χ1n) is 7.70. The van der Waals surface area contributed by atoms with Gasteiger partial charge in [0, 0.05) is 48.8 Å². The van der Waals surface area contributed by atoms with Gasteiger partial charge in [0.15, 0.2) is 0 Å². The Labute approximate surface area is 127 Å². The summed E-state index contributed by atoms with van der Waals surface area (Å²) in [5.41, 5.74) is 2.49. The molecular formula is C15H28N4S. The molecule has 2 unspecified atom stereocenters. The van der Waals surface area contributed by atoms with Crippen molar-refractivity contribution in [3.8, 4) is 0 Å². The summed E-state index contributed by atoms with van der Waals surface area (Å²) in [6.07, 6.45) is 1.07. The number of aryl methyl sites for hydroxylation is 2. The van der Waals surface area contributed by atoms with Crippen LogP contribution in [0.4, 0.5) is 0 Å². The second kappa shape index (κ2) is 7.48. The van der Waals surface area contributed by atoms with Gasteiger partial charge in [0.2, 0.25) is 0 Å². The first kappa shape index (κ1) is 15.9. The van der Waals surface area contributed by atoms with Crippen LogP contribution in [0.1, 0.15) is 25.2 Å². The smallest absolute Gasteiger partial charge is 0.0596 e. The highest BCUT2D eigenvalue weighted by Gasteiger charge is 2.28. The number of rotatable bonds is 6. The third-order valence-corrected chi connectivity index (χ3v) is 5.14. The van der Waals surface area contributed by atoms with Crippen LogP contribution in [0.3, 0.4) is 0 Å². The zero-order valence-corrected chi connectivity index (χ0v) is 14.0. The van der Waals surface area contributed by atoms with E-state index in [0.29, 0.717) is 12.1 Å². The van der Waals surface area contributed by atoms with Crippen molar-refractivity contribution in [2.24, 2.45) is 0 Å². The second-order valence-corrected chi connectivity index (χ2v) is 6.73. The molecule has 1 aromatic rings. The lowest BCUT2D eigenvalue weighted by molar-refractivity contribution is 0.213. The first-order chi connectivity index (χ1) is 9.65. The Morgan fingerprint density at radius 2 is 2.30 bits per heavy atom. The number of hydrogen-bond acceptors (Lipinski definition) is 4. The summed E-state index contributed by atoms with van der Waals surface area (Å²) >= 11 is 2.08. The molecule has 4 nitrogen and oxygen atoms in total. The van der Waals surface area contributed by atoms with Crippen LogP contribution in [0, 0.1) is 6.92 Å². The predicted molar refractivity (Wildman–Crippen MR) is 87.5 cm³/mol. The molecule has 20 heavy (non-hydrogen) atoms. The monoisotopic (exact) mass is 296 g/mol. The van der Waals surface area contributed by atoms with Crippen molar-refractivity contribution in [2.75, 3.05) is 31.6 Å². The molecule has 2 rings (SSSR count). The van der Waals surface area contributed by atoms with Gasteiger partial charge in [-0.15, -0.1) is 0 Å².